The van der Waals surface area contributed by atoms with E-state index in [1.54, 1.807) is 31.4 Å². The lowest BCUT2D eigenvalue weighted by Gasteiger charge is -2.26. The van der Waals surface area contributed by atoms with Crippen molar-refractivity contribution in [3.63, 3.8) is 0 Å². The molecule has 0 saturated carbocycles. The number of anilines is 1. The fraction of sp³-hybridized carbons (Fsp3) is 0.345. The quantitative estimate of drug-likeness (QED) is 0.300. The third-order valence-electron chi connectivity index (χ3n) is 6.21. The number of nitrogens with zero attached hydrogens (tertiary/aromatic N) is 1. The van der Waals surface area contributed by atoms with E-state index in [0.29, 0.717) is 23.1 Å². The average molecular weight is 559 g/mol. The zero-order chi connectivity index (χ0) is 28.0. The number of sulfonamides is 1. The number of carbonyl (C=O) groups excluding carboxylic acids is 1. The fourth-order valence-corrected chi connectivity index (χ4v) is 5.78. The SMILES string of the molecule is CCOc1ccc(N(CC(=O)N[C@H](C)c2cc(C(C)C)c(OC)cc2C)S(=O)(=O)c2ccc(Cl)cc2)cc1. The Morgan fingerprint density at radius 3 is 2.18 bits per heavy atom. The van der Waals surface area contributed by atoms with Gasteiger partial charge >= 0.3 is 0 Å². The minimum Gasteiger partial charge on any atom is -0.496 e. The highest BCUT2D eigenvalue weighted by Gasteiger charge is 2.28. The lowest BCUT2D eigenvalue weighted by atomic mass is 9.93. The number of nitrogens with one attached hydrogen (secondary N) is 1. The molecule has 3 aromatic rings. The number of hydrogen-bond acceptors (Lipinski definition) is 5. The number of benzene rings is 3. The molecule has 1 N–H and O–H groups in total. The topological polar surface area (TPSA) is 84.9 Å². The van der Waals surface area contributed by atoms with Gasteiger partial charge in [0.1, 0.15) is 18.0 Å². The average Bonchev–Trinajstić information content (AvgIpc) is 2.87. The maximum Gasteiger partial charge on any atom is 0.264 e. The first kappa shape index (κ1) is 29.3. The molecule has 0 radical (unpaired) electrons. The van der Waals surface area contributed by atoms with Crippen molar-refractivity contribution in [2.45, 2.75) is 51.5 Å². The number of ether oxygens (including phenoxy) is 2. The highest BCUT2D eigenvalue weighted by Crippen LogP contribution is 2.32. The normalized spacial score (nSPS) is 12.2. The van der Waals surface area contributed by atoms with E-state index in [-0.39, 0.29) is 16.9 Å². The molecule has 7 nitrogen and oxygen atoms in total. The zero-order valence-electron chi connectivity index (χ0n) is 22.6. The lowest BCUT2D eigenvalue weighted by molar-refractivity contribution is -0.120. The Morgan fingerprint density at radius 1 is 1.00 bits per heavy atom. The Kier molecular flexibility index (Phi) is 9.68. The van der Waals surface area contributed by atoms with Crippen LogP contribution < -0.4 is 19.1 Å². The third kappa shape index (κ3) is 6.79. The van der Waals surface area contributed by atoms with Crippen molar-refractivity contribution in [1.29, 1.82) is 0 Å². The minimum atomic E-state index is -4.07. The number of halogens is 1. The molecule has 1 amide bonds. The van der Waals surface area contributed by atoms with E-state index in [1.165, 1.54) is 24.3 Å². The molecule has 0 fully saturated rings. The van der Waals surface area contributed by atoms with E-state index >= 15 is 0 Å². The molecule has 9 heteroatoms. The largest absolute Gasteiger partial charge is 0.496 e. The first-order valence-electron chi connectivity index (χ1n) is 12.5. The summed E-state index contributed by atoms with van der Waals surface area (Å²) >= 11 is 5.97. The molecule has 3 rings (SSSR count). The Labute approximate surface area is 230 Å². The number of hydrogen-bond donors (Lipinski definition) is 1. The monoisotopic (exact) mass is 558 g/mol. The van der Waals surface area contributed by atoms with Crippen LogP contribution in [0.3, 0.4) is 0 Å². The highest BCUT2D eigenvalue weighted by molar-refractivity contribution is 7.92. The summed E-state index contributed by atoms with van der Waals surface area (Å²) in [6.45, 7) is 9.94. The van der Waals surface area contributed by atoms with Crippen LogP contribution in [0, 0.1) is 6.92 Å². The molecule has 0 bridgehead atoms. The predicted octanol–water partition coefficient (Wildman–Crippen LogP) is 6.25. The van der Waals surface area contributed by atoms with Crippen LogP contribution in [0.1, 0.15) is 56.3 Å². The van der Waals surface area contributed by atoms with Gasteiger partial charge in [0.15, 0.2) is 0 Å². The summed E-state index contributed by atoms with van der Waals surface area (Å²) in [5.74, 6) is 1.20. The Bertz CT molecular complexity index is 1360. The Balaban J connectivity index is 1.92. The van der Waals surface area contributed by atoms with Gasteiger partial charge in [-0.05, 0) is 104 Å². The second-order valence-corrected chi connectivity index (χ2v) is 11.6. The van der Waals surface area contributed by atoms with Crippen LogP contribution in [-0.4, -0.2) is 34.6 Å². The van der Waals surface area contributed by atoms with E-state index in [1.807, 2.05) is 32.9 Å². The summed E-state index contributed by atoms with van der Waals surface area (Å²) < 4.78 is 39.4. The van der Waals surface area contributed by atoms with Gasteiger partial charge in [0.25, 0.3) is 10.0 Å². The molecule has 0 aliphatic carbocycles. The van der Waals surface area contributed by atoms with E-state index < -0.39 is 22.5 Å². The molecular formula is C29H35ClN2O5S. The van der Waals surface area contributed by atoms with Crippen molar-refractivity contribution < 1.29 is 22.7 Å². The molecule has 204 valence electrons. The lowest BCUT2D eigenvalue weighted by Crippen LogP contribution is -2.41. The standard InChI is InChI=1S/C29H35ClN2O5S/c1-7-37-24-12-10-23(11-13-24)32(38(34,35)25-14-8-22(30)9-15-25)18-29(33)31-21(5)27-17-26(19(2)3)28(36-6)16-20(27)4/h8-17,19,21H,7,18H2,1-6H3,(H,31,33)/t21-/m1/s1. The Morgan fingerprint density at radius 2 is 1.63 bits per heavy atom. The van der Waals surface area contributed by atoms with Crippen molar-refractivity contribution in [2.75, 3.05) is 24.6 Å². The summed E-state index contributed by atoms with van der Waals surface area (Å²) in [6.07, 6.45) is 0. The van der Waals surface area contributed by atoms with Crippen LogP contribution >= 0.6 is 11.6 Å². The molecule has 0 aliphatic rings. The second-order valence-electron chi connectivity index (χ2n) is 9.29. The number of aryl methyl sites for hydroxylation is 1. The molecule has 0 heterocycles. The van der Waals surface area contributed by atoms with E-state index in [0.717, 1.165) is 26.7 Å². The van der Waals surface area contributed by atoms with Crippen LogP contribution in [0.2, 0.25) is 5.02 Å². The van der Waals surface area contributed by atoms with Crippen molar-refractivity contribution in [3.8, 4) is 11.5 Å². The maximum atomic E-state index is 13.6. The number of amides is 1. The van der Waals surface area contributed by atoms with Crippen LogP contribution in [0.4, 0.5) is 5.69 Å². The first-order valence-corrected chi connectivity index (χ1v) is 14.3. The molecule has 0 aromatic heterocycles. The summed E-state index contributed by atoms with van der Waals surface area (Å²) in [7, 11) is -2.43. The van der Waals surface area contributed by atoms with E-state index in [9.17, 15) is 13.2 Å². The van der Waals surface area contributed by atoms with Crippen molar-refractivity contribution in [1.82, 2.24) is 5.32 Å². The molecule has 0 unspecified atom stereocenters. The summed E-state index contributed by atoms with van der Waals surface area (Å²) in [5, 5.41) is 3.39. The van der Waals surface area contributed by atoms with Gasteiger partial charge in [0.2, 0.25) is 5.91 Å². The van der Waals surface area contributed by atoms with Gasteiger partial charge in [-0.2, -0.15) is 0 Å². The van der Waals surface area contributed by atoms with E-state index in [4.69, 9.17) is 21.1 Å². The molecule has 0 aliphatic heterocycles. The van der Waals surface area contributed by atoms with E-state index in [2.05, 4.69) is 19.2 Å². The summed E-state index contributed by atoms with van der Waals surface area (Å²) in [6, 6.07) is 16.1. The fourth-order valence-electron chi connectivity index (χ4n) is 4.23. The molecule has 1 atom stereocenters. The van der Waals surface area contributed by atoms with Crippen molar-refractivity contribution in [3.05, 3.63) is 82.4 Å². The van der Waals surface area contributed by atoms with Gasteiger partial charge in [-0.15, -0.1) is 0 Å². The van der Waals surface area contributed by atoms with Gasteiger partial charge in [-0.1, -0.05) is 25.4 Å². The van der Waals surface area contributed by atoms with Gasteiger partial charge in [-0.3, -0.25) is 9.10 Å². The molecule has 0 spiro atoms. The first-order chi connectivity index (χ1) is 18.0. The predicted molar refractivity (Wildman–Crippen MR) is 152 cm³/mol. The van der Waals surface area contributed by atoms with Gasteiger partial charge in [0.05, 0.1) is 30.3 Å². The molecular weight excluding hydrogens is 524 g/mol. The van der Waals surface area contributed by atoms with Crippen LogP contribution in [0.5, 0.6) is 11.5 Å². The number of methoxy groups -OCH3 is 1. The second kappa shape index (κ2) is 12.5. The van der Waals surface area contributed by atoms with Crippen molar-refractivity contribution >= 4 is 33.2 Å². The van der Waals surface area contributed by atoms with Gasteiger partial charge in [-0.25, -0.2) is 8.42 Å². The van der Waals surface area contributed by atoms with Crippen LogP contribution in [0.15, 0.2) is 65.6 Å². The zero-order valence-corrected chi connectivity index (χ0v) is 24.2. The third-order valence-corrected chi connectivity index (χ3v) is 8.25. The summed E-state index contributed by atoms with van der Waals surface area (Å²) in [5.41, 5.74) is 3.29. The smallest absolute Gasteiger partial charge is 0.264 e. The van der Waals surface area contributed by atoms with Crippen LogP contribution in [0.25, 0.3) is 0 Å². The molecule has 38 heavy (non-hydrogen) atoms. The van der Waals surface area contributed by atoms with Gasteiger partial charge < -0.3 is 14.8 Å². The maximum absolute atomic E-state index is 13.6. The van der Waals surface area contributed by atoms with Crippen molar-refractivity contribution in [2.24, 2.45) is 0 Å². The summed E-state index contributed by atoms with van der Waals surface area (Å²) in [4.78, 5) is 13.3. The highest BCUT2D eigenvalue weighted by atomic mass is 35.5. The van der Waals surface area contributed by atoms with Gasteiger partial charge in [0, 0.05) is 5.02 Å². The Hall–Kier alpha value is -3.23. The number of rotatable bonds is 11. The van der Waals surface area contributed by atoms with Crippen LogP contribution in [-0.2, 0) is 14.8 Å². The molecule has 3 aromatic carbocycles. The molecule has 0 saturated heterocycles. The minimum absolute atomic E-state index is 0.0317. The number of carbonyl (C=O) groups is 1.